The number of fused-ring (bicyclic) bond motifs is 1. The first-order valence-corrected chi connectivity index (χ1v) is 11.7. The third-order valence-electron chi connectivity index (χ3n) is 6.87. The van der Waals surface area contributed by atoms with Crippen LogP contribution in [-0.2, 0) is 21.4 Å². The van der Waals surface area contributed by atoms with Crippen molar-refractivity contribution in [2.75, 3.05) is 44.8 Å². The average molecular weight is 437 g/mol. The fourth-order valence-electron chi connectivity index (χ4n) is 4.88. The number of amides is 1. The van der Waals surface area contributed by atoms with Crippen molar-refractivity contribution in [1.82, 2.24) is 15.2 Å². The Kier molecular flexibility index (Phi) is 6.93. The van der Waals surface area contributed by atoms with Gasteiger partial charge in [0.05, 0.1) is 18.8 Å². The molecule has 6 nitrogen and oxygen atoms in total. The molecular weight excluding hydrogens is 400 g/mol. The van der Waals surface area contributed by atoms with Crippen LogP contribution >= 0.6 is 0 Å². The van der Waals surface area contributed by atoms with E-state index in [0.29, 0.717) is 19.2 Å². The Labute approximate surface area is 192 Å². The molecule has 0 bridgehead atoms. The van der Waals surface area contributed by atoms with Gasteiger partial charge in [-0.3, -0.25) is 14.7 Å². The Morgan fingerprint density at radius 2 is 2.06 bits per heavy atom. The number of pyridine rings is 1. The van der Waals surface area contributed by atoms with E-state index >= 15 is 0 Å². The van der Waals surface area contributed by atoms with Crippen LogP contribution in [0.4, 0.5) is 5.69 Å². The number of piperazine rings is 1. The standard InChI is InChI=1S/C26H36N4O2/c1-19-16-29(22(14-27-19)18-32-4)17-25(31)30-11-10-26(2,3)23-15-28-21(13-24(23)30)12-20-8-6-5-7-9-20/h5-9,13,15,19,22,27H,10-12,14,16-18H2,1-4H3/t19-,22-/m1/s1. The number of nitrogens with one attached hydrogen (secondary N) is 1. The Bertz CT molecular complexity index is 931. The van der Waals surface area contributed by atoms with E-state index in [9.17, 15) is 4.79 Å². The molecule has 1 aromatic carbocycles. The van der Waals surface area contributed by atoms with E-state index in [2.05, 4.69) is 61.3 Å². The first-order valence-electron chi connectivity index (χ1n) is 11.7. The molecule has 0 spiro atoms. The molecule has 172 valence electrons. The van der Waals surface area contributed by atoms with E-state index in [4.69, 9.17) is 9.72 Å². The molecule has 2 aromatic rings. The molecule has 3 heterocycles. The molecule has 1 saturated heterocycles. The first kappa shape index (κ1) is 22.9. The van der Waals surface area contributed by atoms with Gasteiger partial charge in [0.25, 0.3) is 0 Å². The highest BCUT2D eigenvalue weighted by atomic mass is 16.5. The zero-order chi connectivity index (χ0) is 22.7. The van der Waals surface area contributed by atoms with Crippen LogP contribution < -0.4 is 10.2 Å². The van der Waals surface area contributed by atoms with Crippen LogP contribution in [-0.4, -0.2) is 67.8 Å². The number of carbonyl (C=O) groups excluding carboxylic acids is 1. The molecule has 0 saturated carbocycles. The van der Waals surface area contributed by atoms with Gasteiger partial charge in [-0.15, -0.1) is 0 Å². The monoisotopic (exact) mass is 436 g/mol. The highest BCUT2D eigenvalue weighted by molar-refractivity contribution is 5.96. The summed E-state index contributed by atoms with van der Waals surface area (Å²) in [6, 6.07) is 13.1. The lowest BCUT2D eigenvalue weighted by Gasteiger charge is -2.42. The zero-order valence-electron chi connectivity index (χ0n) is 19.8. The van der Waals surface area contributed by atoms with E-state index < -0.39 is 0 Å². The number of nitrogens with zero attached hydrogens (tertiary/aromatic N) is 3. The topological polar surface area (TPSA) is 57.7 Å². The maximum Gasteiger partial charge on any atom is 0.241 e. The minimum absolute atomic E-state index is 0.00648. The maximum absolute atomic E-state index is 13.6. The van der Waals surface area contributed by atoms with Crippen molar-refractivity contribution in [2.45, 2.75) is 51.1 Å². The summed E-state index contributed by atoms with van der Waals surface area (Å²) in [5, 5.41) is 3.50. The lowest BCUT2D eigenvalue weighted by Crippen LogP contribution is -2.59. The third kappa shape index (κ3) is 5.03. The average Bonchev–Trinajstić information content (AvgIpc) is 2.76. The van der Waals surface area contributed by atoms with Crippen LogP contribution in [0.15, 0.2) is 42.6 Å². The number of ether oxygens (including phenoxy) is 1. The van der Waals surface area contributed by atoms with E-state index in [1.807, 2.05) is 17.2 Å². The number of rotatable bonds is 6. The van der Waals surface area contributed by atoms with Gasteiger partial charge in [0.1, 0.15) is 0 Å². The van der Waals surface area contributed by atoms with E-state index in [1.165, 1.54) is 5.56 Å². The highest BCUT2D eigenvalue weighted by Crippen LogP contribution is 2.39. The first-order chi connectivity index (χ1) is 15.4. The maximum atomic E-state index is 13.6. The second-order valence-corrected chi connectivity index (χ2v) is 9.88. The molecule has 4 rings (SSSR count). The molecule has 1 aromatic heterocycles. The Morgan fingerprint density at radius 3 is 2.81 bits per heavy atom. The lowest BCUT2D eigenvalue weighted by atomic mass is 9.78. The normalized spacial score (nSPS) is 23.1. The van der Waals surface area contributed by atoms with Crippen LogP contribution in [0.3, 0.4) is 0 Å². The van der Waals surface area contributed by atoms with Crippen molar-refractivity contribution in [3.05, 3.63) is 59.4 Å². The van der Waals surface area contributed by atoms with Gasteiger partial charge < -0.3 is 15.0 Å². The number of methoxy groups -OCH3 is 1. The van der Waals surface area contributed by atoms with Crippen molar-refractivity contribution >= 4 is 11.6 Å². The summed E-state index contributed by atoms with van der Waals surface area (Å²) in [5.74, 6) is 0.161. The lowest BCUT2D eigenvalue weighted by molar-refractivity contribution is -0.121. The van der Waals surface area contributed by atoms with Crippen molar-refractivity contribution < 1.29 is 9.53 Å². The largest absolute Gasteiger partial charge is 0.383 e. The number of hydrogen-bond donors (Lipinski definition) is 1. The minimum Gasteiger partial charge on any atom is -0.383 e. The number of carbonyl (C=O) groups is 1. The van der Waals surface area contributed by atoms with Gasteiger partial charge >= 0.3 is 0 Å². The van der Waals surface area contributed by atoms with Gasteiger partial charge in [-0.2, -0.15) is 0 Å². The summed E-state index contributed by atoms with van der Waals surface area (Å²) in [6.07, 6.45) is 3.69. The van der Waals surface area contributed by atoms with Gasteiger partial charge in [-0.25, -0.2) is 0 Å². The van der Waals surface area contributed by atoms with Gasteiger partial charge in [0.15, 0.2) is 0 Å². The van der Waals surface area contributed by atoms with Crippen LogP contribution in [0, 0.1) is 0 Å². The smallest absolute Gasteiger partial charge is 0.241 e. The minimum atomic E-state index is 0.00648. The summed E-state index contributed by atoms with van der Waals surface area (Å²) in [7, 11) is 1.72. The Balaban J connectivity index is 1.58. The SMILES string of the molecule is COC[C@H]1CN[C@H](C)CN1CC(=O)N1CCC(C)(C)c2cnc(Cc3ccccc3)cc21. The molecule has 2 aliphatic heterocycles. The van der Waals surface area contributed by atoms with Crippen molar-refractivity contribution in [3.8, 4) is 0 Å². The van der Waals surface area contributed by atoms with Gasteiger partial charge in [0.2, 0.25) is 5.91 Å². The van der Waals surface area contributed by atoms with E-state index in [0.717, 1.165) is 49.4 Å². The number of aromatic nitrogens is 1. The van der Waals surface area contributed by atoms with Gasteiger partial charge in [0, 0.05) is 57.1 Å². The Morgan fingerprint density at radius 1 is 1.28 bits per heavy atom. The molecular formula is C26H36N4O2. The van der Waals surface area contributed by atoms with Crippen LogP contribution in [0.2, 0.25) is 0 Å². The van der Waals surface area contributed by atoms with Crippen molar-refractivity contribution in [2.24, 2.45) is 0 Å². The zero-order valence-corrected chi connectivity index (χ0v) is 19.8. The highest BCUT2D eigenvalue weighted by Gasteiger charge is 2.36. The Hall–Kier alpha value is -2.28. The quantitative estimate of drug-likeness (QED) is 0.755. The van der Waals surface area contributed by atoms with E-state index in [-0.39, 0.29) is 17.4 Å². The molecule has 1 amide bonds. The van der Waals surface area contributed by atoms with Crippen molar-refractivity contribution in [1.29, 1.82) is 0 Å². The van der Waals surface area contributed by atoms with Crippen molar-refractivity contribution in [3.63, 3.8) is 0 Å². The predicted molar refractivity (Wildman–Crippen MR) is 128 cm³/mol. The van der Waals surface area contributed by atoms with Crippen LogP contribution in [0.1, 0.15) is 44.0 Å². The summed E-state index contributed by atoms with van der Waals surface area (Å²) >= 11 is 0. The van der Waals surface area contributed by atoms with Crippen LogP contribution in [0.25, 0.3) is 0 Å². The molecule has 6 heteroatoms. The van der Waals surface area contributed by atoms with E-state index in [1.54, 1.807) is 7.11 Å². The van der Waals surface area contributed by atoms with Gasteiger partial charge in [-0.05, 0) is 36.0 Å². The molecule has 0 aliphatic carbocycles. The number of hydrogen-bond acceptors (Lipinski definition) is 5. The van der Waals surface area contributed by atoms with Crippen LogP contribution in [0.5, 0.6) is 0 Å². The summed E-state index contributed by atoms with van der Waals surface area (Å²) < 4.78 is 5.41. The second kappa shape index (κ2) is 9.69. The number of anilines is 1. The summed E-state index contributed by atoms with van der Waals surface area (Å²) in [5.41, 5.74) is 4.42. The molecule has 1 N–H and O–H groups in total. The fraction of sp³-hybridized carbons (Fsp3) is 0.538. The molecule has 2 atom stereocenters. The molecule has 2 aliphatic rings. The predicted octanol–water partition coefficient (Wildman–Crippen LogP) is 3.00. The summed E-state index contributed by atoms with van der Waals surface area (Å²) in [4.78, 5) is 22.6. The molecule has 1 fully saturated rings. The molecule has 0 radical (unpaired) electrons. The number of benzene rings is 1. The van der Waals surface area contributed by atoms with Gasteiger partial charge in [-0.1, -0.05) is 44.2 Å². The fourth-order valence-corrected chi connectivity index (χ4v) is 4.88. The summed E-state index contributed by atoms with van der Waals surface area (Å²) in [6.45, 7) is 10.1. The molecule has 0 unspecified atom stereocenters. The molecule has 32 heavy (non-hydrogen) atoms. The third-order valence-corrected chi connectivity index (χ3v) is 6.87. The second-order valence-electron chi connectivity index (χ2n) is 9.88.